The molecule has 0 radical (unpaired) electrons. The molecule has 0 fully saturated rings. The minimum absolute atomic E-state index is 0.0821. The number of carbonyl (C=O) groups excluding carboxylic acids is 1. The Bertz CT molecular complexity index is 1060. The molecule has 0 spiro atoms. The molecule has 0 saturated carbocycles. The van der Waals surface area contributed by atoms with Crippen molar-refractivity contribution in [3.63, 3.8) is 0 Å². The highest BCUT2D eigenvalue weighted by atomic mass is 16.5. The highest BCUT2D eigenvalue weighted by molar-refractivity contribution is 5.75. The van der Waals surface area contributed by atoms with Crippen molar-refractivity contribution in [1.82, 2.24) is 24.6 Å². The van der Waals surface area contributed by atoms with Gasteiger partial charge in [-0.05, 0) is 30.0 Å². The molecule has 0 aliphatic carbocycles. The summed E-state index contributed by atoms with van der Waals surface area (Å²) >= 11 is 0. The molecule has 30 heavy (non-hydrogen) atoms. The minimum Gasteiger partial charge on any atom is -0.473 e. The molecule has 0 bridgehead atoms. The molecular weight excluding hydrogens is 382 g/mol. The SMILES string of the molecule is O=C(Cn1nc2n(c1=O)CCCCC2)NCc1ccnc(OCc2ccccc2)c1. The van der Waals surface area contributed by atoms with Gasteiger partial charge in [-0.25, -0.2) is 14.5 Å². The van der Waals surface area contributed by atoms with Crippen molar-refractivity contribution in [1.29, 1.82) is 0 Å². The number of aryl methyl sites for hydroxylation is 1. The maximum Gasteiger partial charge on any atom is 0.346 e. The summed E-state index contributed by atoms with van der Waals surface area (Å²) in [4.78, 5) is 29.0. The van der Waals surface area contributed by atoms with E-state index in [1.165, 1.54) is 4.68 Å². The van der Waals surface area contributed by atoms with E-state index in [-0.39, 0.29) is 18.1 Å². The van der Waals surface area contributed by atoms with Crippen LogP contribution in [0.5, 0.6) is 5.88 Å². The van der Waals surface area contributed by atoms with Crippen LogP contribution >= 0.6 is 0 Å². The van der Waals surface area contributed by atoms with Gasteiger partial charge in [-0.3, -0.25) is 9.36 Å². The first kappa shape index (κ1) is 19.9. The molecule has 3 aromatic rings. The van der Waals surface area contributed by atoms with Crippen molar-refractivity contribution >= 4 is 5.91 Å². The van der Waals surface area contributed by atoms with E-state index in [0.717, 1.165) is 42.6 Å². The first-order valence-electron chi connectivity index (χ1n) is 10.2. The minimum atomic E-state index is -0.256. The number of amides is 1. The Morgan fingerprint density at radius 3 is 2.83 bits per heavy atom. The van der Waals surface area contributed by atoms with E-state index in [4.69, 9.17) is 4.74 Å². The van der Waals surface area contributed by atoms with E-state index in [9.17, 15) is 9.59 Å². The van der Waals surface area contributed by atoms with Gasteiger partial charge in [0.15, 0.2) is 0 Å². The van der Waals surface area contributed by atoms with Crippen molar-refractivity contribution < 1.29 is 9.53 Å². The summed E-state index contributed by atoms with van der Waals surface area (Å²) in [6.07, 6.45) is 5.54. The van der Waals surface area contributed by atoms with Crippen molar-refractivity contribution in [2.45, 2.75) is 51.9 Å². The number of benzene rings is 1. The lowest BCUT2D eigenvalue weighted by molar-refractivity contribution is -0.122. The van der Waals surface area contributed by atoms with E-state index in [1.54, 1.807) is 16.8 Å². The molecule has 156 valence electrons. The lowest BCUT2D eigenvalue weighted by Crippen LogP contribution is -2.33. The van der Waals surface area contributed by atoms with Crippen LogP contribution in [0, 0.1) is 0 Å². The quantitative estimate of drug-likeness (QED) is 0.647. The van der Waals surface area contributed by atoms with E-state index in [2.05, 4.69) is 15.4 Å². The van der Waals surface area contributed by atoms with Crippen LogP contribution in [0.25, 0.3) is 0 Å². The average Bonchev–Trinajstić information content (AvgIpc) is 2.93. The maximum atomic E-state index is 12.5. The van der Waals surface area contributed by atoms with Crippen LogP contribution < -0.4 is 15.7 Å². The Kier molecular flexibility index (Phi) is 6.22. The summed E-state index contributed by atoms with van der Waals surface area (Å²) in [5.41, 5.74) is 1.72. The number of hydrogen-bond donors (Lipinski definition) is 1. The van der Waals surface area contributed by atoms with Gasteiger partial charge < -0.3 is 10.1 Å². The zero-order valence-electron chi connectivity index (χ0n) is 16.8. The van der Waals surface area contributed by atoms with Gasteiger partial charge in [0.25, 0.3) is 0 Å². The third kappa shape index (κ3) is 4.94. The van der Waals surface area contributed by atoms with Crippen LogP contribution in [0.3, 0.4) is 0 Å². The lowest BCUT2D eigenvalue weighted by Gasteiger charge is -2.08. The van der Waals surface area contributed by atoms with Crippen LogP contribution in [-0.4, -0.2) is 25.2 Å². The van der Waals surface area contributed by atoms with Crippen LogP contribution in [0.1, 0.15) is 36.2 Å². The van der Waals surface area contributed by atoms with Crippen LogP contribution in [0.4, 0.5) is 0 Å². The van der Waals surface area contributed by atoms with E-state index in [0.29, 0.717) is 25.6 Å². The van der Waals surface area contributed by atoms with Crippen molar-refractivity contribution in [2.24, 2.45) is 0 Å². The fraction of sp³-hybridized carbons (Fsp3) is 0.364. The monoisotopic (exact) mass is 407 g/mol. The summed E-state index contributed by atoms with van der Waals surface area (Å²) in [5.74, 6) is 1.02. The molecule has 0 saturated heterocycles. The van der Waals surface area contributed by atoms with Gasteiger partial charge in [-0.1, -0.05) is 36.8 Å². The number of fused-ring (bicyclic) bond motifs is 1. The summed E-state index contributed by atoms with van der Waals surface area (Å²) < 4.78 is 8.68. The second-order valence-corrected chi connectivity index (χ2v) is 7.37. The molecule has 1 aliphatic rings. The van der Waals surface area contributed by atoms with E-state index in [1.807, 2.05) is 36.4 Å². The van der Waals surface area contributed by atoms with Crippen LogP contribution in [0.15, 0.2) is 53.5 Å². The fourth-order valence-corrected chi connectivity index (χ4v) is 3.49. The molecule has 2 aromatic heterocycles. The summed E-state index contributed by atoms with van der Waals surface area (Å²) in [5, 5.41) is 7.19. The van der Waals surface area contributed by atoms with Crippen molar-refractivity contribution in [2.75, 3.05) is 0 Å². The van der Waals surface area contributed by atoms with Gasteiger partial charge in [0.1, 0.15) is 19.0 Å². The molecule has 1 aromatic carbocycles. The van der Waals surface area contributed by atoms with Crippen molar-refractivity contribution in [3.05, 3.63) is 76.1 Å². The van der Waals surface area contributed by atoms with Gasteiger partial charge in [-0.2, -0.15) is 5.10 Å². The first-order valence-corrected chi connectivity index (χ1v) is 10.2. The van der Waals surface area contributed by atoms with Crippen LogP contribution in [-0.2, 0) is 37.5 Å². The molecule has 1 N–H and O–H groups in total. The fourth-order valence-electron chi connectivity index (χ4n) is 3.49. The molecule has 4 rings (SSSR count). The standard InChI is InChI=1S/C22H25N5O3/c28-20(15-27-22(29)26-12-6-2-5-9-19(26)25-27)24-14-18-10-11-23-21(13-18)30-16-17-7-3-1-4-8-17/h1,3-4,7-8,10-11,13H,2,5-6,9,12,14-16H2,(H,24,28). The largest absolute Gasteiger partial charge is 0.473 e. The molecular formula is C22H25N5O3. The van der Waals surface area contributed by atoms with Gasteiger partial charge >= 0.3 is 5.69 Å². The average molecular weight is 407 g/mol. The van der Waals surface area contributed by atoms with Crippen molar-refractivity contribution in [3.8, 4) is 5.88 Å². The number of pyridine rings is 1. The lowest BCUT2D eigenvalue weighted by atomic mass is 10.2. The van der Waals surface area contributed by atoms with Gasteiger partial charge in [0.05, 0.1) is 0 Å². The van der Waals surface area contributed by atoms with E-state index < -0.39 is 0 Å². The predicted octanol–water partition coefficient (Wildman–Crippen LogP) is 2.06. The summed E-state index contributed by atoms with van der Waals surface area (Å²) in [7, 11) is 0. The normalized spacial score (nSPS) is 13.3. The van der Waals surface area contributed by atoms with Gasteiger partial charge in [-0.15, -0.1) is 0 Å². The Morgan fingerprint density at radius 1 is 1.10 bits per heavy atom. The second-order valence-electron chi connectivity index (χ2n) is 7.37. The van der Waals surface area contributed by atoms with Crippen LogP contribution in [0.2, 0.25) is 0 Å². The number of nitrogens with one attached hydrogen (secondary N) is 1. The molecule has 3 heterocycles. The van der Waals surface area contributed by atoms with E-state index >= 15 is 0 Å². The zero-order valence-corrected chi connectivity index (χ0v) is 16.8. The third-order valence-electron chi connectivity index (χ3n) is 5.09. The first-order chi connectivity index (χ1) is 14.7. The number of hydrogen-bond acceptors (Lipinski definition) is 5. The molecule has 1 amide bonds. The topological polar surface area (TPSA) is 91.0 Å². The highest BCUT2D eigenvalue weighted by Crippen LogP contribution is 2.12. The smallest absolute Gasteiger partial charge is 0.346 e. The Balaban J connectivity index is 1.31. The Labute approximate surface area is 174 Å². The van der Waals surface area contributed by atoms with Gasteiger partial charge in [0.2, 0.25) is 11.8 Å². The second kappa shape index (κ2) is 9.39. The molecule has 8 nitrogen and oxygen atoms in total. The number of rotatable bonds is 7. The number of nitrogens with zero attached hydrogens (tertiary/aromatic N) is 4. The number of aromatic nitrogens is 4. The summed E-state index contributed by atoms with van der Waals surface area (Å²) in [6.45, 7) is 1.35. The third-order valence-corrected chi connectivity index (χ3v) is 5.09. The predicted molar refractivity (Wildman–Crippen MR) is 111 cm³/mol. The zero-order chi connectivity index (χ0) is 20.8. The maximum absolute atomic E-state index is 12.5. The number of ether oxygens (including phenoxy) is 1. The van der Waals surface area contributed by atoms with Gasteiger partial charge in [0, 0.05) is 31.8 Å². The summed E-state index contributed by atoms with van der Waals surface area (Å²) in [6, 6.07) is 13.5. The molecule has 1 aliphatic heterocycles. The highest BCUT2D eigenvalue weighted by Gasteiger charge is 2.17. The number of carbonyl (C=O) groups is 1. The molecule has 0 unspecified atom stereocenters. The Morgan fingerprint density at radius 2 is 1.97 bits per heavy atom. The molecule has 0 atom stereocenters. The molecule has 8 heteroatoms. The Hall–Kier alpha value is -3.42.